The predicted octanol–water partition coefficient (Wildman–Crippen LogP) is 3.11. The summed E-state index contributed by atoms with van der Waals surface area (Å²) in [5.74, 6) is 0.0599. The van der Waals surface area contributed by atoms with Crippen LogP contribution in [-0.2, 0) is 4.74 Å². The minimum Gasteiger partial charge on any atom is -0.379 e. The fourth-order valence-corrected chi connectivity index (χ4v) is 3.48. The molecule has 2 aromatic rings. The van der Waals surface area contributed by atoms with Crippen molar-refractivity contribution in [3.63, 3.8) is 0 Å². The summed E-state index contributed by atoms with van der Waals surface area (Å²) < 4.78 is 5.47. The number of morpholine rings is 1. The predicted molar refractivity (Wildman–Crippen MR) is 99.8 cm³/mol. The van der Waals surface area contributed by atoms with Gasteiger partial charge in [-0.3, -0.25) is 14.7 Å². The maximum absolute atomic E-state index is 13.0. The third-order valence-electron chi connectivity index (χ3n) is 5.08. The molecule has 5 nitrogen and oxygen atoms in total. The van der Waals surface area contributed by atoms with Crippen LogP contribution in [0.2, 0.25) is 0 Å². The average molecular weight is 341 g/mol. The van der Waals surface area contributed by atoms with Crippen LogP contribution >= 0.6 is 0 Å². The number of ether oxygens (including phenoxy) is 1. The summed E-state index contributed by atoms with van der Waals surface area (Å²) in [7, 11) is 0. The molecule has 0 aliphatic carbocycles. The van der Waals surface area contributed by atoms with Gasteiger partial charge in [-0.25, -0.2) is 0 Å². The van der Waals surface area contributed by atoms with E-state index in [1.165, 1.54) is 0 Å². The SMILES string of the molecule is CCN(CC)C(=O)c1cc(C(C)N2CCOCC2)cc2cccnc12. The summed E-state index contributed by atoms with van der Waals surface area (Å²) in [6, 6.07) is 8.42. The molecular weight excluding hydrogens is 314 g/mol. The van der Waals surface area contributed by atoms with Gasteiger partial charge in [-0.15, -0.1) is 0 Å². The summed E-state index contributed by atoms with van der Waals surface area (Å²) in [5, 5.41) is 1.02. The number of nitrogens with zero attached hydrogens (tertiary/aromatic N) is 3. The molecule has 5 heteroatoms. The minimum atomic E-state index is 0.0599. The van der Waals surface area contributed by atoms with Gasteiger partial charge in [0.2, 0.25) is 0 Å². The Labute approximate surface area is 149 Å². The highest BCUT2D eigenvalue weighted by Crippen LogP contribution is 2.28. The molecular formula is C20H27N3O2. The fraction of sp³-hybridized carbons (Fsp3) is 0.500. The van der Waals surface area contributed by atoms with Gasteiger partial charge in [0.05, 0.1) is 24.3 Å². The van der Waals surface area contributed by atoms with Gasteiger partial charge in [0.25, 0.3) is 5.91 Å². The Morgan fingerprint density at radius 2 is 2.00 bits per heavy atom. The number of aromatic nitrogens is 1. The first-order valence-electron chi connectivity index (χ1n) is 9.15. The molecule has 2 heterocycles. The Morgan fingerprint density at radius 1 is 1.28 bits per heavy atom. The highest BCUT2D eigenvalue weighted by atomic mass is 16.5. The maximum atomic E-state index is 13.0. The quantitative estimate of drug-likeness (QED) is 0.838. The maximum Gasteiger partial charge on any atom is 0.256 e. The average Bonchev–Trinajstić information content (AvgIpc) is 2.68. The first-order valence-corrected chi connectivity index (χ1v) is 9.15. The van der Waals surface area contributed by atoms with Crippen molar-refractivity contribution in [1.82, 2.24) is 14.8 Å². The number of fused-ring (bicyclic) bond motifs is 1. The van der Waals surface area contributed by atoms with Gasteiger partial charge in [-0.05, 0) is 44.5 Å². The third-order valence-corrected chi connectivity index (χ3v) is 5.08. The van der Waals surface area contributed by atoms with E-state index < -0.39 is 0 Å². The molecule has 1 aromatic heterocycles. The Kier molecular flexibility index (Phi) is 5.66. The summed E-state index contributed by atoms with van der Waals surface area (Å²) in [4.78, 5) is 21.8. The summed E-state index contributed by atoms with van der Waals surface area (Å²) in [6.45, 7) is 11.0. The summed E-state index contributed by atoms with van der Waals surface area (Å²) in [5.41, 5.74) is 2.66. The molecule has 1 aliphatic heterocycles. The molecule has 1 unspecified atom stereocenters. The Bertz CT molecular complexity index is 737. The van der Waals surface area contributed by atoms with Gasteiger partial charge in [0.15, 0.2) is 0 Å². The molecule has 1 aliphatic rings. The Hall–Kier alpha value is -1.98. The van der Waals surface area contributed by atoms with Crippen molar-refractivity contribution in [2.45, 2.75) is 26.8 Å². The van der Waals surface area contributed by atoms with E-state index in [-0.39, 0.29) is 11.9 Å². The van der Waals surface area contributed by atoms with Crippen LogP contribution in [0.25, 0.3) is 10.9 Å². The molecule has 1 aromatic carbocycles. The molecule has 1 amide bonds. The van der Waals surface area contributed by atoms with Crippen molar-refractivity contribution in [1.29, 1.82) is 0 Å². The van der Waals surface area contributed by atoms with Crippen LogP contribution in [0.3, 0.4) is 0 Å². The molecule has 0 N–H and O–H groups in total. The second-order valence-corrected chi connectivity index (χ2v) is 6.45. The van der Waals surface area contributed by atoms with Crippen molar-refractivity contribution in [2.75, 3.05) is 39.4 Å². The zero-order chi connectivity index (χ0) is 17.8. The lowest BCUT2D eigenvalue weighted by molar-refractivity contribution is 0.0198. The van der Waals surface area contributed by atoms with E-state index in [0.717, 1.165) is 42.8 Å². The molecule has 3 rings (SSSR count). The monoisotopic (exact) mass is 341 g/mol. The minimum absolute atomic E-state index is 0.0599. The molecule has 0 radical (unpaired) electrons. The summed E-state index contributed by atoms with van der Waals surface area (Å²) in [6.07, 6.45) is 1.76. The van der Waals surface area contributed by atoms with E-state index in [1.54, 1.807) is 6.20 Å². The smallest absolute Gasteiger partial charge is 0.256 e. The van der Waals surface area contributed by atoms with Gasteiger partial charge in [-0.1, -0.05) is 6.07 Å². The van der Waals surface area contributed by atoms with E-state index in [4.69, 9.17) is 4.74 Å². The largest absolute Gasteiger partial charge is 0.379 e. The number of pyridine rings is 1. The lowest BCUT2D eigenvalue weighted by Crippen LogP contribution is -2.38. The standard InChI is InChI=1S/C20H27N3O2/c1-4-22(5-2)20(24)18-14-17(13-16-7-6-8-21-19(16)18)15(3)23-9-11-25-12-10-23/h6-8,13-15H,4-5,9-12H2,1-3H3. The number of hydrogen-bond donors (Lipinski definition) is 0. The van der Waals surface area contributed by atoms with E-state index in [2.05, 4.69) is 22.9 Å². The van der Waals surface area contributed by atoms with Crippen LogP contribution in [0.4, 0.5) is 0 Å². The van der Waals surface area contributed by atoms with Gasteiger partial charge >= 0.3 is 0 Å². The van der Waals surface area contributed by atoms with Crippen LogP contribution < -0.4 is 0 Å². The van der Waals surface area contributed by atoms with Gasteiger partial charge in [-0.2, -0.15) is 0 Å². The molecule has 1 atom stereocenters. The topological polar surface area (TPSA) is 45.7 Å². The van der Waals surface area contributed by atoms with Crippen molar-refractivity contribution in [2.24, 2.45) is 0 Å². The van der Waals surface area contributed by atoms with Crippen molar-refractivity contribution in [3.8, 4) is 0 Å². The van der Waals surface area contributed by atoms with Crippen molar-refractivity contribution in [3.05, 3.63) is 41.6 Å². The van der Waals surface area contributed by atoms with Crippen LogP contribution in [0.5, 0.6) is 0 Å². The fourth-order valence-electron chi connectivity index (χ4n) is 3.48. The van der Waals surface area contributed by atoms with E-state index >= 15 is 0 Å². The molecule has 0 saturated carbocycles. The van der Waals surface area contributed by atoms with Crippen LogP contribution in [-0.4, -0.2) is 60.1 Å². The van der Waals surface area contributed by atoms with Gasteiger partial charge < -0.3 is 9.64 Å². The molecule has 1 fully saturated rings. The van der Waals surface area contributed by atoms with Crippen molar-refractivity contribution < 1.29 is 9.53 Å². The lowest BCUT2D eigenvalue weighted by atomic mass is 9.98. The van der Waals surface area contributed by atoms with Crippen LogP contribution in [0.1, 0.15) is 42.7 Å². The number of benzene rings is 1. The highest BCUT2D eigenvalue weighted by molar-refractivity contribution is 6.05. The number of hydrogen-bond acceptors (Lipinski definition) is 4. The van der Waals surface area contributed by atoms with E-state index in [9.17, 15) is 4.79 Å². The third kappa shape index (κ3) is 3.67. The van der Waals surface area contributed by atoms with E-state index in [1.807, 2.05) is 36.9 Å². The Morgan fingerprint density at radius 3 is 2.68 bits per heavy atom. The highest BCUT2D eigenvalue weighted by Gasteiger charge is 2.22. The normalized spacial score (nSPS) is 16.8. The number of amides is 1. The van der Waals surface area contributed by atoms with Crippen LogP contribution in [0, 0.1) is 0 Å². The lowest BCUT2D eigenvalue weighted by Gasteiger charge is -2.33. The number of carbonyl (C=O) groups excluding carboxylic acids is 1. The Balaban J connectivity index is 2.04. The molecule has 134 valence electrons. The zero-order valence-corrected chi connectivity index (χ0v) is 15.4. The second kappa shape index (κ2) is 7.93. The summed E-state index contributed by atoms with van der Waals surface area (Å²) >= 11 is 0. The zero-order valence-electron chi connectivity index (χ0n) is 15.4. The van der Waals surface area contributed by atoms with Crippen molar-refractivity contribution >= 4 is 16.8 Å². The van der Waals surface area contributed by atoms with Gasteiger partial charge in [0.1, 0.15) is 0 Å². The first-order chi connectivity index (χ1) is 12.2. The first kappa shape index (κ1) is 17.8. The van der Waals surface area contributed by atoms with Gasteiger partial charge in [0, 0.05) is 43.8 Å². The van der Waals surface area contributed by atoms with E-state index in [0.29, 0.717) is 18.7 Å². The number of rotatable bonds is 5. The second-order valence-electron chi connectivity index (χ2n) is 6.45. The molecule has 0 spiro atoms. The molecule has 1 saturated heterocycles. The molecule has 25 heavy (non-hydrogen) atoms. The molecule has 0 bridgehead atoms. The van der Waals surface area contributed by atoms with Crippen LogP contribution in [0.15, 0.2) is 30.5 Å². The number of carbonyl (C=O) groups is 1.